The van der Waals surface area contributed by atoms with Gasteiger partial charge in [-0.1, -0.05) is 27.2 Å². The van der Waals surface area contributed by atoms with E-state index in [1.54, 1.807) is 0 Å². The quantitative estimate of drug-likeness (QED) is 0.665. The molecule has 0 saturated heterocycles. The van der Waals surface area contributed by atoms with Gasteiger partial charge in [-0.3, -0.25) is 0 Å². The first-order valence-corrected chi connectivity index (χ1v) is 6.78. The van der Waals surface area contributed by atoms with Gasteiger partial charge in [-0.25, -0.2) is 13.1 Å². The zero-order chi connectivity index (χ0) is 11.2. The second-order valence-electron chi connectivity index (χ2n) is 3.88. The standard InChI is InChI=1S/C9H22N2O2S/c1-4-5-6-14(12,13)11-9(7-10)8(2)3/h8-9,11H,4-7,10H2,1-3H3. The summed E-state index contributed by atoms with van der Waals surface area (Å²) < 4.78 is 25.6. The predicted octanol–water partition coefficient (Wildman–Crippen LogP) is 0.689. The molecular formula is C9H22N2O2S. The highest BCUT2D eigenvalue weighted by molar-refractivity contribution is 7.89. The molecule has 0 bridgehead atoms. The number of nitrogens with two attached hydrogens (primary N) is 1. The van der Waals surface area contributed by atoms with Crippen molar-refractivity contribution in [2.45, 2.75) is 39.7 Å². The van der Waals surface area contributed by atoms with Crippen LogP contribution in [-0.2, 0) is 10.0 Å². The van der Waals surface area contributed by atoms with Crippen molar-refractivity contribution >= 4 is 10.0 Å². The maximum absolute atomic E-state index is 11.5. The number of hydrogen-bond donors (Lipinski definition) is 2. The van der Waals surface area contributed by atoms with E-state index in [2.05, 4.69) is 4.72 Å². The molecule has 0 saturated carbocycles. The van der Waals surface area contributed by atoms with Crippen molar-refractivity contribution in [2.24, 2.45) is 11.7 Å². The lowest BCUT2D eigenvalue weighted by Gasteiger charge is -2.20. The maximum Gasteiger partial charge on any atom is 0.211 e. The molecule has 0 aromatic heterocycles. The third-order valence-electron chi connectivity index (χ3n) is 2.16. The molecule has 0 amide bonds. The van der Waals surface area contributed by atoms with Crippen molar-refractivity contribution in [3.63, 3.8) is 0 Å². The molecule has 14 heavy (non-hydrogen) atoms. The Morgan fingerprint density at radius 1 is 1.36 bits per heavy atom. The molecule has 1 unspecified atom stereocenters. The van der Waals surface area contributed by atoms with E-state index in [9.17, 15) is 8.42 Å². The van der Waals surface area contributed by atoms with Gasteiger partial charge in [-0.05, 0) is 12.3 Å². The van der Waals surface area contributed by atoms with Crippen LogP contribution in [-0.4, -0.2) is 26.8 Å². The Kier molecular flexibility index (Phi) is 6.31. The van der Waals surface area contributed by atoms with Gasteiger partial charge in [0, 0.05) is 12.6 Å². The fourth-order valence-electron chi connectivity index (χ4n) is 1.08. The average molecular weight is 222 g/mol. The highest BCUT2D eigenvalue weighted by Gasteiger charge is 2.18. The van der Waals surface area contributed by atoms with E-state index in [0.717, 1.165) is 6.42 Å². The van der Waals surface area contributed by atoms with Crippen molar-refractivity contribution in [3.05, 3.63) is 0 Å². The van der Waals surface area contributed by atoms with Crippen molar-refractivity contribution in [1.29, 1.82) is 0 Å². The lowest BCUT2D eigenvalue weighted by atomic mass is 10.1. The monoisotopic (exact) mass is 222 g/mol. The molecule has 0 aliphatic rings. The Morgan fingerprint density at radius 2 is 1.93 bits per heavy atom. The Morgan fingerprint density at radius 3 is 2.29 bits per heavy atom. The van der Waals surface area contributed by atoms with Crippen LogP contribution in [0.1, 0.15) is 33.6 Å². The molecule has 0 spiro atoms. The van der Waals surface area contributed by atoms with Crippen LogP contribution in [0, 0.1) is 5.92 Å². The maximum atomic E-state index is 11.5. The Labute approximate surface area is 87.3 Å². The summed E-state index contributed by atoms with van der Waals surface area (Å²) in [6.45, 7) is 6.24. The van der Waals surface area contributed by atoms with Gasteiger partial charge in [0.05, 0.1) is 5.75 Å². The zero-order valence-electron chi connectivity index (χ0n) is 9.29. The largest absolute Gasteiger partial charge is 0.329 e. The molecule has 0 heterocycles. The molecule has 4 nitrogen and oxygen atoms in total. The molecule has 0 radical (unpaired) electrons. The Balaban J connectivity index is 4.18. The van der Waals surface area contributed by atoms with Crippen LogP contribution < -0.4 is 10.5 Å². The first-order chi connectivity index (χ1) is 6.43. The van der Waals surface area contributed by atoms with Gasteiger partial charge in [0.1, 0.15) is 0 Å². The number of rotatable bonds is 7. The van der Waals surface area contributed by atoms with Crippen molar-refractivity contribution < 1.29 is 8.42 Å². The normalized spacial score (nSPS) is 14.6. The average Bonchev–Trinajstić information content (AvgIpc) is 2.10. The third kappa shape index (κ3) is 5.57. The number of nitrogens with one attached hydrogen (secondary N) is 1. The molecule has 0 rings (SSSR count). The predicted molar refractivity (Wildman–Crippen MR) is 59.5 cm³/mol. The van der Waals surface area contributed by atoms with Gasteiger partial charge in [0.15, 0.2) is 0 Å². The molecule has 0 aromatic carbocycles. The van der Waals surface area contributed by atoms with Crippen LogP contribution in [0.25, 0.3) is 0 Å². The summed E-state index contributed by atoms with van der Waals surface area (Å²) in [4.78, 5) is 0. The van der Waals surface area contributed by atoms with Crippen LogP contribution >= 0.6 is 0 Å². The van der Waals surface area contributed by atoms with Gasteiger partial charge in [-0.2, -0.15) is 0 Å². The van der Waals surface area contributed by atoms with E-state index in [4.69, 9.17) is 5.73 Å². The van der Waals surface area contributed by atoms with Crippen LogP contribution in [0.15, 0.2) is 0 Å². The SMILES string of the molecule is CCCCS(=O)(=O)NC(CN)C(C)C. The van der Waals surface area contributed by atoms with Crippen LogP contribution in [0.2, 0.25) is 0 Å². The Hall–Kier alpha value is -0.130. The highest BCUT2D eigenvalue weighted by atomic mass is 32.2. The van der Waals surface area contributed by atoms with E-state index < -0.39 is 10.0 Å². The molecule has 5 heteroatoms. The molecule has 0 fully saturated rings. The van der Waals surface area contributed by atoms with E-state index in [1.807, 2.05) is 20.8 Å². The fourth-order valence-corrected chi connectivity index (χ4v) is 2.70. The minimum Gasteiger partial charge on any atom is -0.329 e. The number of hydrogen-bond acceptors (Lipinski definition) is 3. The topological polar surface area (TPSA) is 72.2 Å². The van der Waals surface area contributed by atoms with E-state index in [1.165, 1.54) is 0 Å². The molecule has 3 N–H and O–H groups in total. The van der Waals surface area contributed by atoms with Crippen molar-refractivity contribution in [3.8, 4) is 0 Å². The van der Waals surface area contributed by atoms with Gasteiger partial charge >= 0.3 is 0 Å². The van der Waals surface area contributed by atoms with E-state index in [-0.39, 0.29) is 17.7 Å². The fraction of sp³-hybridized carbons (Fsp3) is 1.00. The van der Waals surface area contributed by atoms with Gasteiger partial charge in [0.25, 0.3) is 0 Å². The summed E-state index contributed by atoms with van der Waals surface area (Å²) in [5.74, 6) is 0.434. The van der Waals surface area contributed by atoms with Crippen molar-refractivity contribution in [1.82, 2.24) is 4.72 Å². The summed E-state index contributed by atoms with van der Waals surface area (Å²) in [5.41, 5.74) is 5.48. The lowest BCUT2D eigenvalue weighted by Crippen LogP contribution is -2.44. The molecule has 0 aliphatic heterocycles. The molecule has 0 aliphatic carbocycles. The first kappa shape index (κ1) is 13.9. The summed E-state index contributed by atoms with van der Waals surface area (Å²) in [5, 5.41) is 0. The molecular weight excluding hydrogens is 200 g/mol. The smallest absolute Gasteiger partial charge is 0.211 e. The minimum absolute atomic E-state index is 0.142. The van der Waals surface area contributed by atoms with Gasteiger partial charge in [0.2, 0.25) is 10.0 Å². The Bertz CT molecular complexity index is 237. The summed E-state index contributed by atoms with van der Waals surface area (Å²) in [6, 6.07) is -0.142. The number of sulfonamides is 1. The van der Waals surface area contributed by atoms with E-state index in [0.29, 0.717) is 13.0 Å². The van der Waals surface area contributed by atoms with Gasteiger partial charge < -0.3 is 5.73 Å². The third-order valence-corrected chi connectivity index (χ3v) is 3.64. The van der Waals surface area contributed by atoms with Crippen LogP contribution in [0.5, 0.6) is 0 Å². The first-order valence-electron chi connectivity index (χ1n) is 5.13. The van der Waals surface area contributed by atoms with Crippen LogP contribution in [0.4, 0.5) is 0 Å². The van der Waals surface area contributed by atoms with Gasteiger partial charge in [-0.15, -0.1) is 0 Å². The minimum atomic E-state index is -3.13. The molecule has 0 aromatic rings. The number of unbranched alkanes of at least 4 members (excludes halogenated alkanes) is 1. The van der Waals surface area contributed by atoms with Crippen LogP contribution in [0.3, 0.4) is 0 Å². The van der Waals surface area contributed by atoms with Crippen molar-refractivity contribution in [2.75, 3.05) is 12.3 Å². The second-order valence-corrected chi connectivity index (χ2v) is 5.75. The summed E-state index contributed by atoms with van der Waals surface area (Å²) >= 11 is 0. The second kappa shape index (κ2) is 6.37. The summed E-state index contributed by atoms with van der Waals surface area (Å²) in [6.07, 6.45) is 1.58. The molecule has 1 atom stereocenters. The molecule has 86 valence electrons. The lowest BCUT2D eigenvalue weighted by molar-refractivity contribution is 0.454. The van der Waals surface area contributed by atoms with E-state index >= 15 is 0 Å². The highest BCUT2D eigenvalue weighted by Crippen LogP contribution is 2.03. The zero-order valence-corrected chi connectivity index (χ0v) is 10.1. The summed E-state index contributed by atoms with van der Waals surface area (Å²) in [7, 11) is -3.13.